The molecule has 4 rings (SSSR count). The highest BCUT2D eigenvalue weighted by Gasteiger charge is 2.14. The molecule has 126 valence electrons. The maximum atomic E-state index is 9.85. The van der Waals surface area contributed by atoms with E-state index in [4.69, 9.17) is 5.73 Å². The van der Waals surface area contributed by atoms with Crippen molar-refractivity contribution in [3.63, 3.8) is 0 Å². The fourth-order valence-electron chi connectivity index (χ4n) is 3.13. The Bertz CT molecular complexity index is 1030. The van der Waals surface area contributed by atoms with Gasteiger partial charge in [0.25, 0.3) is 0 Å². The highest BCUT2D eigenvalue weighted by Crippen LogP contribution is 2.24. The normalized spacial score (nSPS) is 12.5. The first-order chi connectivity index (χ1) is 12.2. The van der Waals surface area contributed by atoms with E-state index in [1.807, 2.05) is 48.7 Å². The number of rotatable bonds is 5. The number of anilines is 2. The number of H-pyrrole nitrogens is 1. The Balaban J connectivity index is 1.64. The number of nitrogen functional groups attached to an aromatic ring is 1. The van der Waals surface area contributed by atoms with Crippen molar-refractivity contribution in [2.75, 3.05) is 17.7 Å². The highest BCUT2D eigenvalue weighted by atomic mass is 16.3. The first kappa shape index (κ1) is 15.4. The van der Waals surface area contributed by atoms with Crippen LogP contribution in [0.4, 0.5) is 11.8 Å². The number of aliphatic hydroxyl groups is 1. The fraction of sp³-hybridized carbons (Fsp3) is 0.158. The average molecular weight is 333 g/mol. The number of nitrogens with two attached hydrogens (primary N) is 1. The van der Waals surface area contributed by atoms with E-state index in [1.54, 1.807) is 0 Å². The van der Waals surface area contributed by atoms with Crippen molar-refractivity contribution in [3.05, 3.63) is 60.3 Å². The molecule has 0 aliphatic heterocycles. The van der Waals surface area contributed by atoms with Crippen molar-refractivity contribution in [2.24, 2.45) is 0 Å². The minimum absolute atomic E-state index is 0.0161. The molecule has 0 aliphatic carbocycles. The zero-order chi connectivity index (χ0) is 17.2. The summed E-state index contributed by atoms with van der Waals surface area (Å²) in [6, 6.07) is 15.6. The lowest BCUT2D eigenvalue weighted by Gasteiger charge is -2.18. The van der Waals surface area contributed by atoms with Crippen LogP contribution in [0, 0.1) is 0 Å². The number of aromatic amines is 1. The monoisotopic (exact) mass is 333 g/mol. The van der Waals surface area contributed by atoms with Gasteiger partial charge in [-0.2, -0.15) is 4.98 Å². The second kappa shape index (κ2) is 6.41. The number of aliphatic hydroxyl groups excluding tert-OH is 1. The van der Waals surface area contributed by atoms with Gasteiger partial charge in [0, 0.05) is 22.5 Å². The predicted octanol–water partition coefficient (Wildman–Crippen LogP) is 2.71. The van der Waals surface area contributed by atoms with E-state index in [9.17, 15) is 5.11 Å². The fourth-order valence-corrected chi connectivity index (χ4v) is 3.13. The van der Waals surface area contributed by atoms with Gasteiger partial charge in [0.15, 0.2) is 0 Å². The summed E-state index contributed by atoms with van der Waals surface area (Å²) in [6.07, 6.45) is 2.65. The van der Waals surface area contributed by atoms with E-state index in [2.05, 4.69) is 26.3 Å². The van der Waals surface area contributed by atoms with E-state index in [0.717, 1.165) is 27.4 Å². The van der Waals surface area contributed by atoms with E-state index in [0.29, 0.717) is 12.2 Å². The van der Waals surface area contributed by atoms with Crippen molar-refractivity contribution in [2.45, 2.75) is 12.5 Å². The van der Waals surface area contributed by atoms with Crippen molar-refractivity contribution >= 4 is 33.6 Å². The van der Waals surface area contributed by atoms with Gasteiger partial charge < -0.3 is 21.1 Å². The Morgan fingerprint density at radius 3 is 2.64 bits per heavy atom. The first-order valence-corrected chi connectivity index (χ1v) is 8.19. The van der Waals surface area contributed by atoms with Crippen LogP contribution in [-0.2, 0) is 6.42 Å². The van der Waals surface area contributed by atoms with E-state index in [-0.39, 0.29) is 18.6 Å². The molecule has 5 N–H and O–H groups in total. The van der Waals surface area contributed by atoms with E-state index < -0.39 is 0 Å². The van der Waals surface area contributed by atoms with Crippen LogP contribution in [0.5, 0.6) is 0 Å². The molecule has 6 heteroatoms. The molecule has 0 aliphatic rings. The molecule has 0 saturated heterocycles. The van der Waals surface area contributed by atoms with Crippen molar-refractivity contribution < 1.29 is 5.11 Å². The lowest BCUT2D eigenvalue weighted by atomic mass is 10.1. The summed E-state index contributed by atoms with van der Waals surface area (Å²) in [4.78, 5) is 11.8. The molecule has 4 aromatic rings. The number of hydrogen-bond acceptors (Lipinski definition) is 5. The van der Waals surface area contributed by atoms with Gasteiger partial charge in [0.05, 0.1) is 18.2 Å². The second-order valence-electron chi connectivity index (χ2n) is 6.04. The summed E-state index contributed by atoms with van der Waals surface area (Å²) in [5.41, 5.74) is 8.84. The van der Waals surface area contributed by atoms with E-state index in [1.165, 1.54) is 0 Å². The van der Waals surface area contributed by atoms with Gasteiger partial charge in [0.2, 0.25) is 5.95 Å². The van der Waals surface area contributed by atoms with Gasteiger partial charge >= 0.3 is 0 Å². The van der Waals surface area contributed by atoms with Crippen molar-refractivity contribution in [1.29, 1.82) is 0 Å². The number of para-hydroxylation sites is 2. The Morgan fingerprint density at radius 1 is 1.04 bits per heavy atom. The topological polar surface area (TPSA) is 99.9 Å². The van der Waals surface area contributed by atoms with Crippen LogP contribution in [0.3, 0.4) is 0 Å². The van der Waals surface area contributed by atoms with Gasteiger partial charge in [0.1, 0.15) is 5.82 Å². The van der Waals surface area contributed by atoms with Gasteiger partial charge in [-0.25, -0.2) is 4.98 Å². The Labute approximate surface area is 144 Å². The molecule has 1 atom stereocenters. The number of fused-ring (bicyclic) bond motifs is 2. The van der Waals surface area contributed by atoms with Crippen molar-refractivity contribution in [3.8, 4) is 0 Å². The summed E-state index contributed by atoms with van der Waals surface area (Å²) < 4.78 is 0. The average Bonchev–Trinajstić information content (AvgIpc) is 3.04. The van der Waals surface area contributed by atoms with Gasteiger partial charge in [-0.1, -0.05) is 30.3 Å². The Morgan fingerprint density at radius 2 is 1.80 bits per heavy atom. The van der Waals surface area contributed by atoms with Crippen LogP contribution in [0.2, 0.25) is 0 Å². The highest BCUT2D eigenvalue weighted by molar-refractivity contribution is 5.90. The molecule has 0 spiro atoms. The Hall–Kier alpha value is -3.12. The summed E-state index contributed by atoms with van der Waals surface area (Å²) >= 11 is 0. The summed E-state index contributed by atoms with van der Waals surface area (Å²) in [6.45, 7) is -0.0161. The largest absolute Gasteiger partial charge is 0.394 e. The van der Waals surface area contributed by atoms with Gasteiger partial charge in [-0.3, -0.25) is 0 Å². The third kappa shape index (κ3) is 2.99. The van der Waals surface area contributed by atoms with Crippen LogP contribution < -0.4 is 11.1 Å². The second-order valence-corrected chi connectivity index (χ2v) is 6.04. The molecule has 25 heavy (non-hydrogen) atoms. The van der Waals surface area contributed by atoms with E-state index >= 15 is 0 Å². The summed E-state index contributed by atoms with van der Waals surface area (Å²) in [7, 11) is 0. The standard InChI is InChI=1S/C19H19N5O/c20-19-23-17-8-4-2-6-15(17)18(24-19)22-13(11-25)9-12-10-21-16-7-3-1-5-14(12)16/h1-8,10,13,21,25H,9,11H2,(H3,20,22,23,24). The Kier molecular flexibility index (Phi) is 3.95. The third-order valence-electron chi connectivity index (χ3n) is 4.32. The molecule has 6 nitrogen and oxygen atoms in total. The van der Waals surface area contributed by atoms with Gasteiger partial charge in [-0.15, -0.1) is 0 Å². The quantitative estimate of drug-likeness (QED) is 0.450. The van der Waals surface area contributed by atoms with Crippen LogP contribution in [0.25, 0.3) is 21.8 Å². The molecular weight excluding hydrogens is 314 g/mol. The molecule has 1 unspecified atom stereocenters. The maximum Gasteiger partial charge on any atom is 0.222 e. The van der Waals surface area contributed by atoms with Crippen LogP contribution >= 0.6 is 0 Å². The molecule has 2 aromatic heterocycles. The lowest BCUT2D eigenvalue weighted by Crippen LogP contribution is -2.27. The molecule has 0 bridgehead atoms. The number of nitrogens with one attached hydrogen (secondary N) is 2. The molecule has 0 radical (unpaired) electrons. The third-order valence-corrected chi connectivity index (χ3v) is 4.32. The zero-order valence-electron chi connectivity index (χ0n) is 13.6. The molecule has 2 aromatic carbocycles. The smallest absolute Gasteiger partial charge is 0.222 e. The minimum atomic E-state index is -0.183. The number of aromatic nitrogens is 3. The summed E-state index contributed by atoms with van der Waals surface area (Å²) in [5, 5.41) is 15.2. The number of nitrogens with zero attached hydrogens (tertiary/aromatic N) is 2. The van der Waals surface area contributed by atoms with Gasteiger partial charge in [-0.05, 0) is 30.2 Å². The molecule has 0 saturated carbocycles. The SMILES string of the molecule is Nc1nc(NC(CO)Cc2c[nH]c3ccccc23)c2ccccc2n1. The predicted molar refractivity (Wildman–Crippen MR) is 100 cm³/mol. The number of hydrogen-bond donors (Lipinski definition) is 4. The van der Waals surface area contributed by atoms with Crippen LogP contribution in [-0.4, -0.2) is 32.7 Å². The molecular formula is C19H19N5O. The van der Waals surface area contributed by atoms with Crippen molar-refractivity contribution in [1.82, 2.24) is 15.0 Å². The van der Waals surface area contributed by atoms with Crippen LogP contribution in [0.15, 0.2) is 54.7 Å². The number of benzene rings is 2. The molecule has 2 heterocycles. The maximum absolute atomic E-state index is 9.85. The lowest BCUT2D eigenvalue weighted by molar-refractivity contribution is 0.274. The zero-order valence-corrected chi connectivity index (χ0v) is 13.6. The van der Waals surface area contributed by atoms with Crippen LogP contribution in [0.1, 0.15) is 5.56 Å². The summed E-state index contributed by atoms with van der Waals surface area (Å²) in [5.74, 6) is 0.854. The molecule has 0 fully saturated rings. The minimum Gasteiger partial charge on any atom is -0.394 e. The first-order valence-electron chi connectivity index (χ1n) is 8.19. The molecule has 0 amide bonds.